The average Bonchev–Trinajstić information content (AvgIpc) is 2.97. The maximum absolute atomic E-state index is 14.1. The fraction of sp³-hybridized carbons (Fsp3) is 0.355. The summed E-state index contributed by atoms with van der Waals surface area (Å²) < 4.78 is 34.6. The third kappa shape index (κ3) is 8.24. The molecule has 0 aliphatic carbocycles. The van der Waals surface area contributed by atoms with E-state index < -0.39 is 28.5 Å². The number of amides is 2. The van der Waals surface area contributed by atoms with Gasteiger partial charge in [0.15, 0.2) is 0 Å². The van der Waals surface area contributed by atoms with Crippen LogP contribution in [0.15, 0.2) is 77.7 Å². The molecule has 0 fully saturated rings. The zero-order valence-electron chi connectivity index (χ0n) is 24.0. The quantitative estimate of drug-likeness (QED) is 0.244. The second kappa shape index (κ2) is 14.9. The lowest BCUT2D eigenvalue weighted by Crippen LogP contribution is -2.52. The number of benzene rings is 3. The Morgan fingerprint density at radius 1 is 0.976 bits per heavy atom. The number of sulfonamides is 1. The smallest absolute Gasteiger partial charge is 0.264 e. The number of nitrogens with one attached hydrogen (secondary N) is 1. The molecule has 10 heteroatoms. The van der Waals surface area contributed by atoms with Gasteiger partial charge in [0.25, 0.3) is 10.0 Å². The third-order valence-electron chi connectivity index (χ3n) is 6.72. The lowest BCUT2D eigenvalue weighted by Gasteiger charge is -2.33. The number of methoxy groups -OCH3 is 1. The number of rotatable bonds is 14. The van der Waals surface area contributed by atoms with E-state index in [1.54, 1.807) is 60.7 Å². The first kappa shape index (κ1) is 32.0. The molecule has 3 aromatic rings. The summed E-state index contributed by atoms with van der Waals surface area (Å²) >= 11 is 6.08. The maximum atomic E-state index is 14.1. The van der Waals surface area contributed by atoms with Crippen molar-refractivity contribution in [1.82, 2.24) is 10.2 Å². The molecule has 0 saturated carbocycles. The lowest BCUT2D eigenvalue weighted by atomic mass is 10.1. The van der Waals surface area contributed by atoms with Crippen LogP contribution in [0.25, 0.3) is 0 Å². The highest BCUT2D eigenvalue weighted by Gasteiger charge is 2.34. The first-order chi connectivity index (χ1) is 19.6. The zero-order valence-corrected chi connectivity index (χ0v) is 25.5. The first-order valence-electron chi connectivity index (χ1n) is 13.7. The van der Waals surface area contributed by atoms with E-state index in [4.69, 9.17) is 16.3 Å². The number of carbonyl (C=O) groups is 2. The minimum absolute atomic E-state index is 0.0374. The summed E-state index contributed by atoms with van der Waals surface area (Å²) in [6.45, 7) is 5.77. The van der Waals surface area contributed by atoms with Crippen molar-refractivity contribution in [2.24, 2.45) is 0 Å². The van der Waals surface area contributed by atoms with E-state index in [1.165, 1.54) is 24.1 Å². The summed E-state index contributed by atoms with van der Waals surface area (Å²) in [7, 11) is -2.75. The Balaban J connectivity index is 2.06. The zero-order chi connectivity index (χ0) is 30.0. The molecule has 1 N–H and O–H groups in total. The third-order valence-corrected chi connectivity index (χ3v) is 8.75. The van der Waals surface area contributed by atoms with Crippen molar-refractivity contribution in [3.63, 3.8) is 0 Å². The van der Waals surface area contributed by atoms with Crippen LogP contribution in [-0.4, -0.2) is 51.4 Å². The number of carbonyl (C=O) groups excluding carboxylic acids is 2. The van der Waals surface area contributed by atoms with E-state index in [0.29, 0.717) is 23.7 Å². The number of ether oxygens (including phenoxy) is 1. The van der Waals surface area contributed by atoms with Gasteiger partial charge in [-0.15, -0.1) is 0 Å². The van der Waals surface area contributed by atoms with Crippen LogP contribution >= 0.6 is 11.6 Å². The summed E-state index contributed by atoms with van der Waals surface area (Å²) in [4.78, 5) is 28.9. The van der Waals surface area contributed by atoms with Crippen molar-refractivity contribution in [3.8, 4) is 5.75 Å². The summed E-state index contributed by atoms with van der Waals surface area (Å²) in [5.41, 5.74) is 1.88. The predicted octanol–water partition coefficient (Wildman–Crippen LogP) is 5.58. The molecule has 41 heavy (non-hydrogen) atoms. The Morgan fingerprint density at radius 2 is 1.63 bits per heavy atom. The topological polar surface area (TPSA) is 96.0 Å². The first-order valence-corrected chi connectivity index (χ1v) is 15.5. The molecule has 3 rings (SSSR count). The van der Waals surface area contributed by atoms with Crippen LogP contribution < -0.4 is 14.4 Å². The molecule has 0 aliphatic heterocycles. The largest absolute Gasteiger partial charge is 0.495 e. The molecular formula is C31H38ClN3O5S. The van der Waals surface area contributed by atoms with Crippen LogP contribution in [0.4, 0.5) is 5.69 Å². The van der Waals surface area contributed by atoms with Gasteiger partial charge in [0.2, 0.25) is 11.8 Å². The number of halogens is 1. The van der Waals surface area contributed by atoms with Crippen LogP contribution in [0.2, 0.25) is 5.02 Å². The van der Waals surface area contributed by atoms with Gasteiger partial charge in [-0.2, -0.15) is 0 Å². The minimum atomic E-state index is -4.19. The molecule has 0 spiro atoms. The molecule has 2 amide bonds. The molecule has 0 aromatic heterocycles. The Bertz CT molecular complexity index is 1410. The Morgan fingerprint density at radius 3 is 2.24 bits per heavy atom. The molecule has 0 aliphatic rings. The highest BCUT2D eigenvalue weighted by Crippen LogP contribution is 2.32. The summed E-state index contributed by atoms with van der Waals surface area (Å²) in [6.07, 6.45) is 2.07. The van der Waals surface area contributed by atoms with Gasteiger partial charge in [0, 0.05) is 18.1 Å². The second-order valence-electron chi connectivity index (χ2n) is 9.71. The molecule has 0 saturated heterocycles. The molecule has 0 heterocycles. The van der Waals surface area contributed by atoms with Gasteiger partial charge in [-0.3, -0.25) is 13.9 Å². The minimum Gasteiger partial charge on any atom is -0.495 e. The monoisotopic (exact) mass is 599 g/mol. The van der Waals surface area contributed by atoms with Gasteiger partial charge in [-0.05, 0) is 61.7 Å². The van der Waals surface area contributed by atoms with E-state index in [-0.39, 0.29) is 23.0 Å². The summed E-state index contributed by atoms with van der Waals surface area (Å²) in [6, 6.07) is 19.3. The van der Waals surface area contributed by atoms with E-state index in [0.717, 1.165) is 28.3 Å². The lowest BCUT2D eigenvalue weighted by molar-refractivity contribution is -0.140. The van der Waals surface area contributed by atoms with Crippen molar-refractivity contribution in [2.45, 2.75) is 57.5 Å². The standard InChI is InChI=1S/C31H38ClN3O5S/c1-5-7-20-33-31(37)27(6-2)34(21-24-14-16-25(32)17-15-24)30(36)22-35(28-10-8-9-11-29(28)40-4)41(38,39)26-18-12-23(3)13-19-26/h8-19,27H,5-7,20-22H2,1-4H3,(H,33,37)/t27-/m1/s1. The molecule has 8 nitrogen and oxygen atoms in total. The number of hydrogen-bond acceptors (Lipinski definition) is 5. The molecule has 0 bridgehead atoms. The van der Waals surface area contributed by atoms with Gasteiger partial charge in [0.1, 0.15) is 18.3 Å². The molecule has 0 unspecified atom stereocenters. The molecular weight excluding hydrogens is 562 g/mol. The fourth-order valence-electron chi connectivity index (χ4n) is 4.40. The molecule has 1 atom stereocenters. The number of unbranched alkanes of at least 4 members (excludes halogenated alkanes) is 1. The van der Waals surface area contributed by atoms with Crippen LogP contribution in [0.1, 0.15) is 44.2 Å². The fourth-order valence-corrected chi connectivity index (χ4v) is 5.95. The number of nitrogens with zero attached hydrogens (tertiary/aromatic N) is 2. The normalized spacial score (nSPS) is 11.9. The van der Waals surface area contributed by atoms with Crippen LogP contribution in [-0.2, 0) is 26.2 Å². The number of para-hydroxylation sites is 2. The molecule has 3 aromatic carbocycles. The van der Waals surface area contributed by atoms with Crippen LogP contribution in [0.5, 0.6) is 5.75 Å². The summed E-state index contributed by atoms with van der Waals surface area (Å²) in [5, 5.41) is 3.47. The van der Waals surface area contributed by atoms with Crippen molar-refractivity contribution in [3.05, 3.63) is 88.9 Å². The Labute approximate surface area is 248 Å². The van der Waals surface area contributed by atoms with Gasteiger partial charge < -0.3 is 15.0 Å². The van der Waals surface area contributed by atoms with Gasteiger partial charge in [-0.25, -0.2) is 8.42 Å². The van der Waals surface area contributed by atoms with Crippen LogP contribution in [0, 0.1) is 6.92 Å². The Kier molecular flexibility index (Phi) is 11.6. The van der Waals surface area contributed by atoms with Crippen molar-refractivity contribution < 1.29 is 22.7 Å². The SMILES string of the molecule is CCCCNC(=O)[C@@H](CC)N(Cc1ccc(Cl)cc1)C(=O)CN(c1ccccc1OC)S(=O)(=O)c1ccc(C)cc1. The van der Waals surface area contributed by atoms with Gasteiger partial charge >= 0.3 is 0 Å². The average molecular weight is 600 g/mol. The predicted molar refractivity (Wildman–Crippen MR) is 163 cm³/mol. The van der Waals surface area contributed by atoms with E-state index >= 15 is 0 Å². The van der Waals surface area contributed by atoms with Gasteiger partial charge in [0.05, 0.1) is 17.7 Å². The van der Waals surface area contributed by atoms with Crippen molar-refractivity contribution in [2.75, 3.05) is 24.5 Å². The molecule has 220 valence electrons. The van der Waals surface area contributed by atoms with E-state index in [2.05, 4.69) is 5.32 Å². The summed E-state index contributed by atoms with van der Waals surface area (Å²) in [5.74, 6) is -0.517. The molecule has 0 radical (unpaired) electrons. The maximum Gasteiger partial charge on any atom is 0.264 e. The van der Waals surface area contributed by atoms with Crippen molar-refractivity contribution in [1.29, 1.82) is 0 Å². The van der Waals surface area contributed by atoms with E-state index in [1.807, 2.05) is 20.8 Å². The highest BCUT2D eigenvalue weighted by atomic mass is 35.5. The van der Waals surface area contributed by atoms with Crippen molar-refractivity contribution >= 4 is 39.1 Å². The Hall–Kier alpha value is -3.56. The number of aryl methyl sites for hydroxylation is 1. The highest BCUT2D eigenvalue weighted by molar-refractivity contribution is 7.92. The number of anilines is 1. The van der Waals surface area contributed by atoms with Crippen LogP contribution in [0.3, 0.4) is 0 Å². The van der Waals surface area contributed by atoms with Gasteiger partial charge in [-0.1, -0.05) is 73.8 Å². The second-order valence-corrected chi connectivity index (χ2v) is 12.0. The number of hydrogen-bond donors (Lipinski definition) is 1. The van der Waals surface area contributed by atoms with E-state index in [9.17, 15) is 18.0 Å².